The summed E-state index contributed by atoms with van der Waals surface area (Å²) in [6.45, 7) is 2.82. The van der Waals surface area contributed by atoms with Crippen LogP contribution < -0.4 is 11.5 Å². The second-order valence-electron chi connectivity index (χ2n) is 3.11. The van der Waals surface area contributed by atoms with Crippen LogP contribution in [0.4, 0.5) is 0 Å². The molecule has 0 radical (unpaired) electrons. The Bertz CT molecular complexity index is 308. The van der Waals surface area contributed by atoms with Gasteiger partial charge in [0.2, 0.25) is 5.91 Å². The predicted molar refractivity (Wildman–Crippen MR) is 51.2 cm³/mol. The van der Waals surface area contributed by atoms with Crippen LogP contribution >= 0.6 is 0 Å². The van der Waals surface area contributed by atoms with Crippen molar-refractivity contribution in [3.8, 4) is 0 Å². The zero-order chi connectivity index (χ0) is 10.6. The van der Waals surface area contributed by atoms with Gasteiger partial charge in [-0.2, -0.15) is 5.10 Å². The number of primary amides is 1. The zero-order valence-corrected chi connectivity index (χ0v) is 8.18. The first-order chi connectivity index (χ1) is 6.65. The second kappa shape index (κ2) is 4.71. The van der Waals surface area contributed by atoms with Gasteiger partial charge in [-0.1, -0.05) is 6.92 Å². The molecule has 1 aromatic heterocycles. The Balaban J connectivity index is 2.66. The molecule has 1 atom stereocenters. The Morgan fingerprint density at radius 3 is 3.00 bits per heavy atom. The first-order valence-corrected chi connectivity index (χ1v) is 4.56. The number of hydrogen-bond acceptors (Lipinski definition) is 4. The Kier molecular flexibility index (Phi) is 3.58. The maximum absolute atomic E-state index is 10.7. The number of aryl methyl sites for hydroxylation is 1. The fraction of sp³-hybridized carbons (Fsp3) is 0.625. The zero-order valence-electron chi connectivity index (χ0n) is 8.18. The molecule has 14 heavy (non-hydrogen) atoms. The maximum atomic E-state index is 10.7. The molecular formula is C8H15N5O. The lowest BCUT2D eigenvalue weighted by Crippen LogP contribution is -2.38. The molecule has 0 saturated heterocycles. The van der Waals surface area contributed by atoms with Crippen LogP contribution in [0.15, 0.2) is 6.33 Å². The van der Waals surface area contributed by atoms with Gasteiger partial charge in [0.25, 0.3) is 0 Å². The summed E-state index contributed by atoms with van der Waals surface area (Å²) in [6.07, 6.45) is 2.76. The van der Waals surface area contributed by atoms with E-state index in [1.807, 2.05) is 6.92 Å². The molecule has 0 aliphatic heterocycles. The quantitative estimate of drug-likeness (QED) is 0.635. The lowest BCUT2D eigenvalue weighted by atomic mass is 10.2. The number of carbonyl (C=O) groups excluding carboxylic acids is 1. The van der Waals surface area contributed by atoms with E-state index in [2.05, 4.69) is 10.1 Å². The molecule has 1 heterocycles. The molecule has 1 amide bonds. The normalized spacial score (nSPS) is 12.7. The highest BCUT2D eigenvalue weighted by Crippen LogP contribution is 1.99. The van der Waals surface area contributed by atoms with Crippen molar-refractivity contribution in [1.29, 1.82) is 0 Å². The van der Waals surface area contributed by atoms with Crippen molar-refractivity contribution in [1.82, 2.24) is 14.8 Å². The van der Waals surface area contributed by atoms with E-state index in [0.717, 1.165) is 13.0 Å². The molecule has 0 aromatic carbocycles. The van der Waals surface area contributed by atoms with E-state index in [4.69, 9.17) is 11.5 Å². The first-order valence-electron chi connectivity index (χ1n) is 4.56. The third-order valence-corrected chi connectivity index (χ3v) is 1.90. The summed E-state index contributed by atoms with van der Waals surface area (Å²) < 4.78 is 1.74. The highest BCUT2D eigenvalue weighted by molar-refractivity contribution is 5.79. The Labute approximate surface area is 82.3 Å². The van der Waals surface area contributed by atoms with Crippen LogP contribution in [-0.4, -0.2) is 26.7 Å². The molecule has 0 saturated carbocycles. The van der Waals surface area contributed by atoms with Gasteiger partial charge in [-0.15, -0.1) is 0 Å². The molecule has 1 aromatic rings. The van der Waals surface area contributed by atoms with Crippen LogP contribution in [0, 0.1) is 0 Å². The number of aromatic nitrogens is 3. The summed E-state index contributed by atoms with van der Waals surface area (Å²) in [6, 6.07) is -0.685. The van der Waals surface area contributed by atoms with Gasteiger partial charge in [0.15, 0.2) is 0 Å². The molecule has 0 fully saturated rings. The van der Waals surface area contributed by atoms with E-state index in [1.165, 1.54) is 6.33 Å². The summed E-state index contributed by atoms with van der Waals surface area (Å²) in [5.41, 5.74) is 10.6. The summed E-state index contributed by atoms with van der Waals surface area (Å²) in [5, 5.41) is 4.02. The number of carbonyl (C=O) groups is 1. The topological polar surface area (TPSA) is 99.8 Å². The molecule has 0 aliphatic carbocycles. The summed E-state index contributed by atoms with van der Waals surface area (Å²) in [4.78, 5) is 14.8. The minimum Gasteiger partial charge on any atom is -0.368 e. The number of nitrogens with zero attached hydrogens (tertiary/aromatic N) is 3. The highest BCUT2D eigenvalue weighted by atomic mass is 16.1. The fourth-order valence-electron chi connectivity index (χ4n) is 1.14. The van der Waals surface area contributed by atoms with Crippen LogP contribution in [-0.2, 0) is 17.8 Å². The van der Waals surface area contributed by atoms with Crippen molar-refractivity contribution in [3.63, 3.8) is 0 Å². The lowest BCUT2D eigenvalue weighted by Gasteiger charge is -2.07. The van der Waals surface area contributed by atoms with Gasteiger partial charge >= 0.3 is 0 Å². The largest absolute Gasteiger partial charge is 0.368 e. The van der Waals surface area contributed by atoms with Gasteiger partial charge in [-0.25, -0.2) is 4.98 Å². The van der Waals surface area contributed by atoms with Crippen LogP contribution in [0.1, 0.15) is 19.2 Å². The van der Waals surface area contributed by atoms with Crippen LogP contribution in [0.2, 0.25) is 0 Å². The number of amides is 1. The smallest absolute Gasteiger partial charge is 0.234 e. The fourth-order valence-corrected chi connectivity index (χ4v) is 1.14. The SMILES string of the molecule is CCCn1ncnc1CC(N)C(N)=O. The minimum atomic E-state index is -0.685. The Morgan fingerprint density at radius 1 is 1.71 bits per heavy atom. The molecule has 1 unspecified atom stereocenters. The third-order valence-electron chi connectivity index (χ3n) is 1.90. The molecule has 1 rings (SSSR count). The Morgan fingerprint density at radius 2 is 2.43 bits per heavy atom. The van der Waals surface area contributed by atoms with Crippen LogP contribution in [0.3, 0.4) is 0 Å². The first kappa shape index (κ1) is 10.6. The predicted octanol–water partition coefficient (Wildman–Crippen LogP) is -0.957. The van der Waals surface area contributed by atoms with Gasteiger partial charge in [0.05, 0.1) is 6.04 Å². The molecule has 78 valence electrons. The summed E-state index contributed by atoms with van der Waals surface area (Å²) >= 11 is 0. The molecule has 6 heteroatoms. The standard InChI is InChI=1S/C8H15N5O/c1-2-3-13-7(11-5-12-13)4-6(9)8(10)14/h5-6H,2-4,9H2,1H3,(H2,10,14). The van der Waals surface area contributed by atoms with Gasteiger partial charge < -0.3 is 11.5 Å². The van der Waals surface area contributed by atoms with Crippen LogP contribution in [0.25, 0.3) is 0 Å². The van der Waals surface area contributed by atoms with Crippen molar-refractivity contribution in [2.75, 3.05) is 0 Å². The molecule has 0 aliphatic rings. The highest BCUT2D eigenvalue weighted by Gasteiger charge is 2.13. The summed E-state index contributed by atoms with van der Waals surface area (Å²) in [5.74, 6) is 0.189. The number of rotatable bonds is 5. The lowest BCUT2D eigenvalue weighted by molar-refractivity contribution is -0.119. The molecule has 0 bridgehead atoms. The second-order valence-corrected chi connectivity index (χ2v) is 3.11. The molecule has 4 N–H and O–H groups in total. The van der Waals surface area contributed by atoms with E-state index in [-0.39, 0.29) is 0 Å². The van der Waals surface area contributed by atoms with Gasteiger partial charge in [-0.05, 0) is 6.42 Å². The van der Waals surface area contributed by atoms with E-state index in [1.54, 1.807) is 4.68 Å². The Hall–Kier alpha value is -1.43. The third kappa shape index (κ3) is 2.53. The van der Waals surface area contributed by atoms with Gasteiger partial charge in [-0.3, -0.25) is 9.48 Å². The van der Waals surface area contributed by atoms with E-state index < -0.39 is 11.9 Å². The van der Waals surface area contributed by atoms with E-state index in [0.29, 0.717) is 12.2 Å². The van der Waals surface area contributed by atoms with Crippen molar-refractivity contribution in [3.05, 3.63) is 12.2 Å². The van der Waals surface area contributed by atoms with Crippen molar-refractivity contribution < 1.29 is 4.79 Å². The van der Waals surface area contributed by atoms with Crippen LogP contribution in [0.5, 0.6) is 0 Å². The summed E-state index contributed by atoms with van der Waals surface area (Å²) in [7, 11) is 0. The monoisotopic (exact) mass is 197 g/mol. The van der Waals surface area contributed by atoms with Gasteiger partial charge in [0.1, 0.15) is 12.2 Å². The molecule has 6 nitrogen and oxygen atoms in total. The molecular weight excluding hydrogens is 182 g/mol. The average Bonchev–Trinajstić information content (AvgIpc) is 2.53. The minimum absolute atomic E-state index is 0.343. The van der Waals surface area contributed by atoms with E-state index in [9.17, 15) is 4.79 Å². The molecule has 0 spiro atoms. The number of nitrogens with two attached hydrogens (primary N) is 2. The van der Waals surface area contributed by atoms with Crippen molar-refractivity contribution in [2.24, 2.45) is 11.5 Å². The van der Waals surface area contributed by atoms with Crippen molar-refractivity contribution >= 4 is 5.91 Å². The van der Waals surface area contributed by atoms with Gasteiger partial charge in [0, 0.05) is 13.0 Å². The average molecular weight is 197 g/mol. The maximum Gasteiger partial charge on any atom is 0.234 e. The van der Waals surface area contributed by atoms with Crippen molar-refractivity contribution in [2.45, 2.75) is 32.4 Å². The van der Waals surface area contributed by atoms with E-state index >= 15 is 0 Å². The number of hydrogen-bond donors (Lipinski definition) is 2.